The van der Waals surface area contributed by atoms with E-state index in [0.717, 1.165) is 0 Å². The van der Waals surface area contributed by atoms with Crippen LogP contribution in [0.15, 0.2) is 22.9 Å². The highest BCUT2D eigenvalue weighted by atomic mass is 16.6. The number of amides is 1. The Balaban J connectivity index is 2.09. The molecule has 0 aromatic rings. The van der Waals surface area contributed by atoms with Crippen molar-refractivity contribution >= 4 is 24.0 Å². The van der Waals surface area contributed by atoms with Gasteiger partial charge in [0.05, 0.1) is 11.6 Å². The SMILES string of the molecule is C=CCOC(=O)N1CC2C=NN=C2C(C(=O)O)C1. The first-order valence-corrected chi connectivity index (χ1v) is 5.49. The van der Waals surface area contributed by atoms with Gasteiger partial charge in [-0.15, -0.1) is 0 Å². The van der Waals surface area contributed by atoms with Gasteiger partial charge < -0.3 is 14.7 Å². The van der Waals surface area contributed by atoms with Crippen molar-refractivity contribution in [3.8, 4) is 0 Å². The van der Waals surface area contributed by atoms with Crippen LogP contribution in [0.3, 0.4) is 0 Å². The molecule has 0 bridgehead atoms. The standard InChI is InChI=1S/C11H13N3O4/c1-2-3-18-11(17)14-5-7-4-12-13-9(7)8(6-14)10(15)16/h2,4,7-8H,1,3,5-6H2,(H,15,16). The number of aliphatic carboxylic acids is 1. The van der Waals surface area contributed by atoms with E-state index in [1.165, 1.54) is 11.0 Å². The van der Waals surface area contributed by atoms with Crippen LogP contribution < -0.4 is 0 Å². The minimum Gasteiger partial charge on any atom is -0.481 e. The Morgan fingerprint density at radius 3 is 3.06 bits per heavy atom. The van der Waals surface area contributed by atoms with Gasteiger partial charge in [-0.1, -0.05) is 12.7 Å². The van der Waals surface area contributed by atoms with E-state index < -0.39 is 18.0 Å². The third-order valence-electron chi connectivity index (χ3n) is 2.86. The smallest absolute Gasteiger partial charge is 0.410 e. The van der Waals surface area contributed by atoms with E-state index in [1.807, 2.05) is 0 Å². The Labute approximate surface area is 103 Å². The third-order valence-corrected chi connectivity index (χ3v) is 2.86. The van der Waals surface area contributed by atoms with Crippen LogP contribution in [0.4, 0.5) is 4.79 Å². The molecule has 1 N–H and O–H groups in total. The minimum absolute atomic E-state index is 0.0595. The highest BCUT2D eigenvalue weighted by Gasteiger charge is 2.40. The molecule has 1 fully saturated rings. The molecule has 7 nitrogen and oxygen atoms in total. The van der Waals surface area contributed by atoms with E-state index in [4.69, 9.17) is 9.84 Å². The fourth-order valence-corrected chi connectivity index (χ4v) is 2.00. The number of piperidine rings is 1. The fourth-order valence-electron chi connectivity index (χ4n) is 2.00. The van der Waals surface area contributed by atoms with Crippen molar-refractivity contribution in [3.05, 3.63) is 12.7 Å². The molecule has 2 unspecified atom stereocenters. The number of carbonyl (C=O) groups is 2. The molecule has 1 amide bonds. The number of carbonyl (C=O) groups excluding carboxylic acids is 1. The van der Waals surface area contributed by atoms with Gasteiger partial charge in [0.1, 0.15) is 12.5 Å². The molecule has 1 saturated heterocycles. The predicted molar refractivity (Wildman–Crippen MR) is 63.7 cm³/mol. The lowest BCUT2D eigenvalue weighted by Gasteiger charge is -2.33. The van der Waals surface area contributed by atoms with Crippen molar-refractivity contribution in [3.63, 3.8) is 0 Å². The second-order valence-electron chi connectivity index (χ2n) is 4.06. The van der Waals surface area contributed by atoms with E-state index in [9.17, 15) is 9.59 Å². The third kappa shape index (κ3) is 2.24. The number of ether oxygens (including phenoxy) is 1. The van der Waals surface area contributed by atoms with Crippen LogP contribution in [0.25, 0.3) is 0 Å². The van der Waals surface area contributed by atoms with E-state index in [2.05, 4.69) is 16.8 Å². The second kappa shape index (κ2) is 4.99. The average Bonchev–Trinajstić information content (AvgIpc) is 2.82. The lowest BCUT2D eigenvalue weighted by atomic mass is 9.88. The monoisotopic (exact) mass is 251 g/mol. The topological polar surface area (TPSA) is 91.6 Å². The van der Waals surface area contributed by atoms with E-state index in [1.54, 1.807) is 6.21 Å². The van der Waals surface area contributed by atoms with Crippen LogP contribution in [0.1, 0.15) is 0 Å². The number of carboxylic acid groups (broad SMARTS) is 1. The number of nitrogens with zero attached hydrogens (tertiary/aromatic N) is 3. The molecule has 0 saturated carbocycles. The number of hydrogen-bond donors (Lipinski definition) is 1. The molecule has 2 aliphatic rings. The molecule has 0 radical (unpaired) electrons. The molecular weight excluding hydrogens is 238 g/mol. The minimum atomic E-state index is -1.01. The van der Waals surface area contributed by atoms with Gasteiger partial charge in [0.25, 0.3) is 0 Å². The van der Waals surface area contributed by atoms with Crippen molar-refractivity contribution in [1.82, 2.24) is 4.90 Å². The first-order chi connectivity index (χ1) is 8.63. The molecule has 2 atom stereocenters. The van der Waals surface area contributed by atoms with Crippen LogP contribution in [0.5, 0.6) is 0 Å². The van der Waals surface area contributed by atoms with Crippen molar-refractivity contribution in [2.24, 2.45) is 22.0 Å². The Morgan fingerprint density at radius 2 is 2.39 bits per heavy atom. The molecule has 96 valence electrons. The highest BCUT2D eigenvalue weighted by Crippen LogP contribution is 2.23. The van der Waals surface area contributed by atoms with Gasteiger partial charge in [-0.05, 0) is 0 Å². The van der Waals surface area contributed by atoms with Gasteiger partial charge in [-0.2, -0.15) is 10.2 Å². The van der Waals surface area contributed by atoms with E-state index in [0.29, 0.717) is 12.3 Å². The summed E-state index contributed by atoms with van der Waals surface area (Å²) in [7, 11) is 0. The lowest BCUT2D eigenvalue weighted by Crippen LogP contribution is -2.51. The lowest BCUT2D eigenvalue weighted by molar-refractivity contribution is -0.140. The van der Waals surface area contributed by atoms with Crippen molar-refractivity contribution in [2.75, 3.05) is 19.7 Å². The summed E-state index contributed by atoms with van der Waals surface area (Å²) in [6, 6.07) is 0. The number of carboxylic acids is 1. The number of rotatable bonds is 3. The molecule has 0 aromatic carbocycles. The van der Waals surface area contributed by atoms with Gasteiger partial charge in [0.2, 0.25) is 0 Å². The van der Waals surface area contributed by atoms with E-state index >= 15 is 0 Å². The molecule has 0 aliphatic carbocycles. The number of hydrogen-bond acceptors (Lipinski definition) is 5. The summed E-state index contributed by atoms with van der Waals surface area (Å²) in [6.07, 6.45) is 2.47. The summed E-state index contributed by atoms with van der Waals surface area (Å²) < 4.78 is 4.90. The first kappa shape index (κ1) is 12.3. The van der Waals surface area contributed by atoms with Crippen LogP contribution in [-0.4, -0.2) is 53.7 Å². The molecule has 2 aliphatic heterocycles. The number of likely N-dealkylation sites (tertiary alicyclic amines) is 1. The van der Waals surface area contributed by atoms with Crippen molar-refractivity contribution in [1.29, 1.82) is 0 Å². The summed E-state index contributed by atoms with van der Waals surface area (Å²) in [4.78, 5) is 24.2. The zero-order chi connectivity index (χ0) is 13.1. The van der Waals surface area contributed by atoms with Gasteiger partial charge in [0.15, 0.2) is 0 Å². The maximum Gasteiger partial charge on any atom is 0.410 e. The molecular formula is C11H13N3O4. The quantitative estimate of drug-likeness (QED) is 0.734. The molecule has 2 rings (SSSR count). The van der Waals surface area contributed by atoms with Gasteiger partial charge in [-0.25, -0.2) is 4.79 Å². The summed E-state index contributed by atoms with van der Waals surface area (Å²) >= 11 is 0. The molecule has 7 heteroatoms. The van der Waals surface area contributed by atoms with Crippen molar-refractivity contribution in [2.45, 2.75) is 0 Å². The Bertz CT molecular complexity index is 444. The number of fused-ring (bicyclic) bond motifs is 1. The average molecular weight is 251 g/mol. The Hall–Kier alpha value is -2.18. The van der Waals surface area contributed by atoms with Crippen LogP contribution in [-0.2, 0) is 9.53 Å². The van der Waals surface area contributed by atoms with Crippen LogP contribution in [0.2, 0.25) is 0 Å². The maximum atomic E-state index is 11.7. The van der Waals surface area contributed by atoms with Gasteiger partial charge in [-0.3, -0.25) is 4.79 Å². The highest BCUT2D eigenvalue weighted by molar-refractivity contribution is 6.12. The largest absolute Gasteiger partial charge is 0.481 e. The molecule has 18 heavy (non-hydrogen) atoms. The van der Waals surface area contributed by atoms with Crippen LogP contribution >= 0.6 is 0 Å². The summed E-state index contributed by atoms with van der Waals surface area (Å²) in [5.74, 6) is -2.05. The maximum absolute atomic E-state index is 11.7. The van der Waals surface area contributed by atoms with Crippen LogP contribution in [0, 0.1) is 11.8 Å². The Kier molecular flexibility index (Phi) is 3.40. The summed E-state index contributed by atoms with van der Waals surface area (Å²) in [5, 5.41) is 16.7. The summed E-state index contributed by atoms with van der Waals surface area (Å²) in [6.45, 7) is 3.96. The first-order valence-electron chi connectivity index (χ1n) is 5.49. The predicted octanol–water partition coefficient (Wildman–Crippen LogP) is 0.382. The fraction of sp³-hybridized carbons (Fsp3) is 0.455. The zero-order valence-corrected chi connectivity index (χ0v) is 9.65. The molecule has 0 spiro atoms. The van der Waals surface area contributed by atoms with Crippen molar-refractivity contribution < 1.29 is 19.4 Å². The Morgan fingerprint density at radius 1 is 1.61 bits per heavy atom. The molecule has 2 heterocycles. The molecule has 0 aromatic heterocycles. The van der Waals surface area contributed by atoms with Gasteiger partial charge >= 0.3 is 12.1 Å². The zero-order valence-electron chi connectivity index (χ0n) is 9.65. The second-order valence-corrected chi connectivity index (χ2v) is 4.06. The summed E-state index contributed by atoms with van der Waals surface area (Å²) in [5.41, 5.74) is 0.510. The normalized spacial score (nSPS) is 25.3. The van der Waals surface area contributed by atoms with E-state index in [-0.39, 0.29) is 19.1 Å². The van der Waals surface area contributed by atoms with Gasteiger partial charge in [0, 0.05) is 19.3 Å².